The number of benzene rings is 2. The molecule has 0 aliphatic heterocycles. The van der Waals surface area contributed by atoms with Gasteiger partial charge in [0.15, 0.2) is 0 Å². The number of aromatic nitrogens is 1. The zero-order valence-electron chi connectivity index (χ0n) is 10.5. The summed E-state index contributed by atoms with van der Waals surface area (Å²) in [6, 6.07) is 12.8. The average Bonchev–Trinajstić information content (AvgIpc) is 2.88. The van der Waals surface area contributed by atoms with Crippen molar-refractivity contribution in [1.29, 1.82) is 0 Å². The number of H-pyrrole nitrogens is 1. The Morgan fingerprint density at radius 2 is 1.90 bits per heavy atom. The van der Waals surface area contributed by atoms with E-state index in [4.69, 9.17) is 0 Å². The van der Waals surface area contributed by atoms with Crippen LogP contribution in [0.5, 0.6) is 0 Å². The van der Waals surface area contributed by atoms with Gasteiger partial charge in [0.2, 0.25) is 0 Å². The maximum Gasteiger partial charge on any atom is 0.323 e. The lowest BCUT2D eigenvalue weighted by Crippen LogP contribution is -2.19. The van der Waals surface area contributed by atoms with Gasteiger partial charge in [0.25, 0.3) is 0 Å². The lowest BCUT2D eigenvalue weighted by atomic mass is 10.2. The van der Waals surface area contributed by atoms with Crippen LogP contribution < -0.4 is 10.6 Å². The summed E-state index contributed by atoms with van der Waals surface area (Å²) in [4.78, 5) is 15.0. The molecule has 1 aromatic heterocycles. The summed E-state index contributed by atoms with van der Waals surface area (Å²) in [5.41, 5.74) is 2.04. The third-order valence-corrected chi connectivity index (χ3v) is 2.93. The number of aromatic amines is 1. The minimum Gasteiger partial charge on any atom is -0.361 e. The van der Waals surface area contributed by atoms with Gasteiger partial charge in [-0.25, -0.2) is 9.18 Å². The molecule has 4 nitrogen and oxygen atoms in total. The molecule has 3 aromatic rings. The Kier molecular flexibility index (Phi) is 3.09. The predicted octanol–water partition coefficient (Wildman–Crippen LogP) is 3.95. The highest BCUT2D eigenvalue weighted by atomic mass is 19.1. The van der Waals surface area contributed by atoms with Gasteiger partial charge >= 0.3 is 6.03 Å². The van der Waals surface area contributed by atoms with Crippen molar-refractivity contribution >= 4 is 28.3 Å². The van der Waals surface area contributed by atoms with E-state index in [0.717, 1.165) is 10.9 Å². The maximum atomic E-state index is 13.0. The second-order valence-corrected chi connectivity index (χ2v) is 4.33. The largest absolute Gasteiger partial charge is 0.361 e. The molecule has 1 heterocycles. The first kappa shape index (κ1) is 12.2. The zero-order valence-corrected chi connectivity index (χ0v) is 10.5. The molecule has 0 bridgehead atoms. The lowest BCUT2D eigenvalue weighted by molar-refractivity contribution is 0.262. The SMILES string of the molecule is O=C(Nc1cccc(F)c1)Nc1cccc2[nH]ccc12. The smallest absolute Gasteiger partial charge is 0.323 e. The number of hydrogen-bond acceptors (Lipinski definition) is 1. The fourth-order valence-electron chi connectivity index (χ4n) is 2.05. The molecule has 2 amide bonds. The van der Waals surface area contributed by atoms with Crippen molar-refractivity contribution in [2.24, 2.45) is 0 Å². The lowest BCUT2D eigenvalue weighted by Gasteiger charge is -2.08. The monoisotopic (exact) mass is 269 g/mol. The van der Waals surface area contributed by atoms with Gasteiger partial charge in [-0.1, -0.05) is 12.1 Å². The van der Waals surface area contributed by atoms with Crippen molar-refractivity contribution in [2.45, 2.75) is 0 Å². The molecular formula is C15H12FN3O. The van der Waals surface area contributed by atoms with Crippen LogP contribution in [0.15, 0.2) is 54.7 Å². The van der Waals surface area contributed by atoms with Crippen molar-refractivity contribution < 1.29 is 9.18 Å². The van der Waals surface area contributed by atoms with Crippen LogP contribution in [-0.2, 0) is 0 Å². The normalized spacial score (nSPS) is 10.4. The molecule has 2 aromatic carbocycles. The highest BCUT2D eigenvalue weighted by Gasteiger charge is 2.06. The Morgan fingerprint density at radius 1 is 1.05 bits per heavy atom. The minimum absolute atomic E-state index is 0.393. The average molecular weight is 269 g/mol. The number of halogens is 1. The van der Waals surface area contributed by atoms with E-state index in [-0.39, 0.29) is 0 Å². The van der Waals surface area contributed by atoms with Gasteiger partial charge in [0.1, 0.15) is 5.82 Å². The summed E-state index contributed by atoms with van der Waals surface area (Å²) in [5.74, 6) is -0.393. The van der Waals surface area contributed by atoms with Gasteiger partial charge in [-0.05, 0) is 36.4 Å². The first-order valence-corrected chi connectivity index (χ1v) is 6.12. The van der Waals surface area contributed by atoms with Crippen LogP contribution in [0.4, 0.5) is 20.6 Å². The number of hydrogen-bond donors (Lipinski definition) is 3. The summed E-state index contributed by atoms with van der Waals surface area (Å²) in [7, 11) is 0. The van der Waals surface area contributed by atoms with Crippen molar-refractivity contribution in [2.75, 3.05) is 10.6 Å². The summed E-state index contributed by atoms with van der Waals surface area (Å²) >= 11 is 0. The van der Waals surface area contributed by atoms with Crippen LogP contribution in [0.1, 0.15) is 0 Å². The van der Waals surface area contributed by atoms with Crippen LogP contribution >= 0.6 is 0 Å². The van der Waals surface area contributed by atoms with E-state index in [0.29, 0.717) is 11.4 Å². The molecule has 0 aliphatic rings. The van der Waals surface area contributed by atoms with Gasteiger partial charge in [-0.2, -0.15) is 0 Å². The van der Waals surface area contributed by atoms with Crippen molar-refractivity contribution in [3.05, 3.63) is 60.5 Å². The van der Waals surface area contributed by atoms with Crippen LogP contribution in [0.2, 0.25) is 0 Å². The van der Waals surface area contributed by atoms with Crippen molar-refractivity contribution in [3.8, 4) is 0 Å². The molecule has 0 unspecified atom stereocenters. The third-order valence-electron chi connectivity index (χ3n) is 2.93. The molecule has 0 spiro atoms. The molecule has 100 valence electrons. The summed E-state index contributed by atoms with van der Waals surface area (Å²) in [6.45, 7) is 0. The standard InChI is InChI=1S/C15H12FN3O/c16-10-3-1-4-11(9-10)18-15(20)19-14-6-2-5-13-12(14)7-8-17-13/h1-9,17H,(H2,18,19,20). The van der Waals surface area contributed by atoms with Crippen LogP contribution in [0.3, 0.4) is 0 Å². The molecular weight excluding hydrogens is 257 g/mol. The number of amides is 2. The number of anilines is 2. The van der Waals surface area contributed by atoms with E-state index in [1.807, 2.05) is 18.2 Å². The van der Waals surface area contributed by atoms with E-state index in [2.05, 4.69) is 15.6 Å². The number of carbonyl (C=O) groups excluding carboxylic acids is 1. The second-order valence-electron chi connectivity index (χ2n) is 4.33. The number of urea groups is 1. The number of rotatable bonds is 2. The van der Waals surface area contributed by atoms with Gasteiger partial charge < -0.3 is 15.6 Å². The Morgan fingerprint density at radius 3 is 2.75 bits per heavy atom. The predicted molar refractivity (Wildman–Crippen MR) is 77.3 cm³/mol. The van der Waals surface area contributed by atoms with Crippen LogP contribution in [0, 0.1) is 5.82 Å². The van der Waals surface area contributed by atoms with E-state index in [1.54, 1.807) is 18.3 Å². The number of nitrogens with one attached hydrogen (secondary N) is 3. The molecule has 0 saturated carbocycles. The topological polar surface area (TPSA) is 56.9 Å². The highest BCUT2D eigenvalue weighted by molar-refractivity contribution is 6.05. The molecule has 0 saturated heterocycles. The van der Waals surface area contributed by atoms with Gasteiger partial charge in [-0.15, -0.1) is 0 Å². The number of carbonyl (C=O) groups is 1. The van der Waals surface area contributed by atoms with Gasteiger partial charge in [-0.3, -0.25) is 0 Å². The summed E-state index contributed by atoms with van der Waals surface area (Å²) in [5, 5.41) is 6.25. The van der Waals surface area contributed by atoms with E-state index in [1.165, 1.54) is 18.2 Å². The fourth-order valence-corrected chi connectivity index (χ4v) is 2.05. The Labute approximate surface area is 114 Å². The molecule has 0 radical (unpaired) electrons. The van der Waals surface area contributed by atoms with E-state index >= 15 is 0 Å². The van der Waals surface area contributed by atoms with E-state index in [9.17, 15) is 9.18 Å². The highest BCUT2D eigenvalue weighted by Crippen LogP contribution is 2.22. The van der Waals surface area contributed by atoms with Crippen LogP contribution in [0.25, 0.3) is 10.9 Å². The third kappa shape index (κ3) is 2.47. The molecule has 5 heteroatoms. The first-order chi connectivity index (χ1) is 9.72. The fraction of sp³-hybridized carbons (Fsp3) is 0. The van der Waals surface area contributed by atoms with E-state index < -0.39 is 11.8 Å². The Bertz CT molecular complexity index is 766. The van der Waals surface area contributed by atoms with Gasteiger partial charge in [0, 0.05) is 22.8 Å². The molecule has 3 N–H and O–H groups in total. The molecule has 20 heavy (non-hydrogen) atoms. The van der Waals surface area contributed by atoms with Crippen molar-refractivity contribution in [3.63, 3.8) is 0 Å². The minimum atomic E-state index is -0.413. The molecule has 0 aliphatic carbocycles. The Hall–Kier alpha value is -2.82. The van der Waals surface area contributed by atoms with Crippen molar-refractivity contribution in [1.82, 2.24) is 4.98 Å². The second kappa shape index (κ2) is 5.05. The summed E-state index contributed by atoms with van der Waals surface area (Å²) in [6.07, 6.45) is 1.81. The quantitative estimate of drug-likeness (QED) is 0.648. The van der Waals surface area contributed by atoms with Crippen LogP contribution in [-0.4, -0.2) is 11.0 Å². The number of fused-ring (bicyclic) bond motifs is 1. The summed E-state index contributed by atoms with van der Waals surface area (Å²) < 4.78 is 13.0. The Balaban J connectivity index is 1.77. The molecule has 3 rings (SSSR count). The van der Waals surface area contributed by atoms with Gasteiger partial charge in [0.05, 0.1) is 5.69 Å². The first-order valence-electron chi connectivity index (χ1n) is 6.12. The maximum absolute atomic E-state index is 13.0. The molecule has 0 atom stereocenters. The zero-order chi connectivity index (χ0) is 13.9. The molecule has 0 fully saturated rings.